The van der Waals surface area contributed by atoms with Gasteiger partial charge in [0.25, 0.3) is 0 Å². The molecule has 0 aliphatic carbocycles. The second-order valence-corrected chi connectivity index (χ2v) is 6.34. The van der Waals surface area contributed by atoms with Crippen LogP contribution in [0.25, 0.3) is 0 Å². The molecule has 0 spiro atoms. The van der Waals surface area contributed by atoms with Crippen molar-refractivity contribution in [2.24, 2.45) is 0 Å². The molecule has 0 radical (unpaired) electrons. The number of rotatable bonds is 8. The molecule has 2 rings (SSSR count). The quantitative estimate of drug-likeness (QED) is 0.522. The van der Waals surface area contributed by atoms with E-state index < -0.39 is 0 Å². The van der Waals surface area contributed by atoms with E-state index in [4.69, 9.17) is 49.6 Å². The van der Waals surface area contributed by atoms with E-state index in [0.29, 0.717) is 39.7 Å². The summed E-state index contributed by atoms with van der Waals surface area (Å²) >= 11 is 17.9. The number of nitrogens with one attached hydrogen (secondary N) is 1. The van der Waals surface area contributed by atoms with Crippen molar-refractivity contribution in [3.8, 4) is 11.5 Å². The number of methoxy groups -OCH3 is 2. The van der Waals surface area contributed by atoms with E-state index in [1.165, 1.54) is 0 Å². The van der Waals surface area contributed by atoms with Gasteiger partial charge in [-0.3, -0.25) is 0 Å². The van der Waals surface area contributed by atoms with Crippen molar-refractivity contribution in [2.45, 2.75) is 6.61 Å². The van der Waals surface area contributed by atoms with E-state index in [2.05, 4.69) is 5.32 Å². The molecule has 0 bridgehead atoms. The van der Waals surface area contributed by atoms with Crippen molar-refractivity contribution in [2.75, 3.05) is 27.4 Å². The van der Waals surface area contributed by atoms with Crippen LogP contribution in [0.4, 0.5) is 0 Å². The average molecular weight is 400 g/mol. The van der Waals surface area contributed by atoms with Gasteiger partial charge in [0.2, 0.25) is 0 Å². The van der Waals surface area contributed by atoms with Crippen molar-refractivity contribution in [3.05, 3.63) is 57.6 Å². The Hall–Kier alpha value is -1.53. The maximum Gasteiger partial charge on any atom is 0.180 e. The zero-order chi connectivity index (χ0) is 18.2. The normalized spacial score (nSPS) is 10.4. The number of benzene rings is 2. The number of ether oxygens (including phenoxy) is 3. The van der Waals surface area contributed by atoms with Crippen molar-refractivity contribution in [3.63, 3.8) is 0 Å². The van der Waals surface area contributed by atoms with Gasteiger partial charge in [-0.05, 0) is 18.2 Å². The molecule has 0 atom stereocenters. The molecule has 134 valence electrons. The first-order valence-electron chi connectivity index (χ1n) is 7.57. The lowest BCUT2D eigenvalue weighted by atomic mass is 10.2. The fraction of sp³-hybridized carbons (Fsp3) is 0.278. The summed E-state index contributed by atoms with van der Waals surface area (Å²) in [5, 5.41) is 4.15. The van der Waals surface area contributed by atoms with Gasteiger partial charge in [-0.1, -0.05) is 53.6 Å². The smallest absolute Gasteiger partial charge is 0.180 e. The SMILES string of the molecule is COCCNC(=S)c1cc(Cl)c(OCc2ccccc2Cl)c(OC)c1. The highest BCUT2D eigenvalue weighted by Gasteiger charge is 2.15. The van der Waals surface area contributed by atoms with Crippen LogP contribution < -0.4 is 14.8 Å². The fourth-order valence-electron chi connectivity index (χ4n) is 2.13. The minimum atomic E-state index is 0.283. The molecular formula is C18H19Cl2NO3S. The molecule has 1 N–H and O–H groups in total. The third-order valence-electron chi connectivity index (χ3n) is 3.41. The minimum absolute atomic E-state index is 0.283. The van der Waals surface area contributed by atoms with E-state index in [-0.39, 0.29) is 6.61 Å². The Labute approximate surface area is 163 Å². The van der Waals surface area contributed by atoms with E-state index in [0.717, 1.165) is 11.1 Å². The van der Waals surface area contributed by atoms with Crippen molar-refractivity contribution >= 4 is 40.4 Å². The van der Waals surface area contributed by atoms with Crippen LogP contribution in [-0.4, -0.2) is 32.4 Å². The predicted molar refractivity (Wildman–Crippen MR) is 105 cm³/mol. The Morgan fingerprint density at radius 2 is 1.88 bits per heavy atom. The van der Waals surface area contributed by atoms with Crippen molar-refractivity contribution < 1.29 is 14.2 Å². The standard InChI is InChI=1S/C18H19Cl2NO3S/c1-22-8-7-21-18(25)13-9-15(20)17(16(10-13)23-2)24-11-12-5-3-4-6-14(12)19/h3-6,9-10H,7-8,11H2,1-2H3,(H,21,25). The summed E-state index contributed by atoms with van der Waals surface area (Å²) in [6.07, 6.45) is 0. The third kappa shape index (κ3) is 5.47. The molecule has 4 nitrogen and oxygen atoms in total. The topological polar surface area (TPSA) is 39.7 Å². The molecule has 0 aliphatic heterocycles. The van der Waals surface area contributed by atoms with Gasteiger partial charge in [0.15, 0.2) is 11.5 Å². The second-order valence-electron chi connectivity index (χ2n) is 5.12. The summed E-state index contributed by atoms with van der Waals surface area (Å²) in [6.45, 7) is 1.45. The van der Waals surface area contributed by atoms with E-state index in [1.807, 2.05) is 24.3 Å². The molecule has 2 aromatic rings. The third-order valence-corrected chi connectivity index (χ3v) is 4.44. The van der Waals surface area contributed by atoms with Crippen LogP contribution in [0.3, 0.4) is 0 Å². The Balaban J connectivity index is 2.16. The molecule has 0 saturated heterocycles. The van der Waals surface area contributed by atoms with E-state index in [1.54, 1.807) is 26.4 Å². The van der Waals surface area contributed by atoms with Gasteiger partial charge < -0.3 is 19.5 Å². The Kier molecular flexibility index (Phi) is 7.78. The molecule has 0 aliphatic rings. The van der Waals surface area contributed by atoms with Gasteiger partial charge in [0, 0.05) is 29.8 Å². The first kappa shape index (κ1) is 19.8. The zero-order valence-corrected chi connectivity index (χ0v) is 16.3. The highest BCUT2D eigenvalue weighted by atomic mass is 35.5. The molecule has 7 heteroatoms. The Morgan fingerprint density at radius 1 is 1.12 bits per heavy atom. The molecule has 0 fully saturated rings. The Morgan fingerprint density at radius 3 is 2.56 bits per heavy atom. The molecule has 2 aromatic carbocycles. The predicted octanol–water partition coefficient (Wildman–Crippen LogP) is 4.49. The molecule has 0 amide bonds. The summed E-state index contributed by atoms with van der Waals surface area (Å²) in [5.41, 5.74) is 1.61. The van der Waals surface area contributed by atoms with Gasteiger partial charge in [-0.25, -0.2) is 0 Å². The first-order chi connectivity index (χ1) is 12.1. The summed E-state index contributed by atoms with van der Waals surface area (Å²) in [4.78, 5) is 0.565. The van der Waals surface area contributed by atoms with Crippen LogP contribution in [0.2, 0.25) is 10.0 Å². The van der Waals surface area contributed by atoms with Crippen LogP contribution >= 0.6 is 35.4 Å². The minimum Gasteiger partial charge on any atom is -0.493 e. The van der Waals surface area contributed by atoms with Crippen LogP contribution in [0, 0.1) is 0 Å². The van der Waals surface area contributed by atoms with E-state index >= 15 is 0 Å². The summed E-state index contributed by atoms with van der Waals surface area (Å²) < 4.78 is 16.2. The first-order valence-corrected chi connectivity index (χ1v) is 8.74. The fourth-order valence-corrected chi connectivity index (χ4v) is 2.80. The lowest BCUT2D eigenvalue weighted by Crippen LogP contribution is -2.26. The average Bonchev–Trinajstić information content (AvgIpc) is 2.61. The second kappa shape index (κ2) is 9.82. The highest BCUT2D eigenvalue weighted by molar-refractivity contribution is 7.80. The number of thiocarbonyl (C=S) groups is 1. The lowest BCUT2D eigenvalue weighted by Gasteiger charge is -2.15. The summed E-state index contributed by atoms with van der Waals surface area (Å²) in [6, 6.07) is 11.0. The molecule has 0 unspecified atom stereocenters. The van der Waals surface area contributed by atoms with Crippen molar-refractivity contribution in [1.29, 1.82) is 0 Å². The molecule has 0 heterocycles. The van der Waals surface area contributed by atoms with Crippen LogP contribution in [-0.2, 0) is 11.3 Å². The Bertz CT molecular complexity index is 740. The molecule has 0 saturated carbocycles. The number of hydrogen-bond acceptors (Lipinski definition) is 4. The van der Waals surface area contributed by atoms with Crippen LogP contribution in [0.1, 0.15) is 11.1 Å². The highest BCUT2D eigenvalue weighted by Crippen LogP contribution is 2.37. The monoisotopic (exact) mass is 399 g/mol. The summed E-state index contributed by atoms with van der Waals surface area (Å²) in [5.74, 6) is 0.956. The van der Waals surface area contributed by atoms with Crippen molar-refractivity contribution in [1.82, 2.24) is 5.32 Å². The number of halogens is 2. The van der Waals surface area contributed by atoms with Gasteiger partial charge in [-0.2, -0.15) is 0 Å². The maximum atomic E-state index is 6.37. The van der Waals surface area contributed by atoms with Gasteiger partial charge in [0.1, 0.15) is 11.6 Å². The van der Waals surface area contributed by atoms with Gasteiger partial charge >= 0.3 is 0 Å². The summed E-state index contributed by atoms with van der Waals surface area (Å²) in [7, 11) is 3.19. The zero-order valence-electron chi connectivity index (χ0n) is 14.0. The molecule has 0 aromatic heterocycles. The van der Waals surface area contributed by atoms with Gasteiger partial charge in [-0.15, -0.1) is 0 Å². The maximum absolute atomic E-state index is 6.37. The largest absolute Gasteiger partial charge is 0.493 e. The molecular weight excluding hydrogens is 381 g/mol. The van der Waals surface area contributed by atoms with Crippen LogP contribution in [0.15, 0.2) is 36.4 Å². The number of hydrogen-bond donors (Lipinski definition) is 1. The lowest BCUT2D eigenvalue weighted by molar-refractivity contribution is 0.204. The van der Waals surface area contributed by atoms with Crippen LogP contribution in [0.5, 0.6) is 11.5 Å². The molecule has 25 heavy (non-hydrogen) atoms. The van der Waals surface area contributed by atoms with Gasteiger partial charge in [0.05, 0.1) is 18.7 Å². The van der Waals surface area contributed by atoms with E-state index in [9.17, 15) is 0 Å².